The molecule has 11 N–H and O–H groups in total. The van der Waals surface area contributed by atoms with Gasteiger partial charge in [0.1, 0.15) is 72.3 Å². The Morgan fingerprint density at radius 3 is 1.87 bits per heavy atom. The van der Waals surface area contributed by atoms with Crippen molar-refractivity contribution in [2.75, 3.05) is 13.2 Å². The summed E-state index contributed by atoms with van der Waals surface area (Å²) in [5, 5.41) is 113. The number of aliphatic hydroxyl groups excluding tert-OH is 7. The lowest BCUT2D eigenvalue weighted by Gasteiger charge is -2.40. The molecule has 0 spiro atoms. The number of fused-ring (bicyclic) bond motifs is 1. The Morgan fingerprint density at radius 2 is 1.30 bits per heavy atom. The summed E-state index contributed by atoms with van der Waals surface area (Å²) in [5.41, 5.74) is -0.285. The monoisotopic (exact) mass is 669 g/mol. The largest absolute Gasteiger partial charge is 0.507 e. The fraction of sp³-hybridized carbons (Fsp3) is 0.448. The summed E-state index contributed by atoms with van der Waals surface area (Å²) in [6, 6.07) is 5.32. The minimum Gasteiger partial charge on any atom is -0.507 e. The topological polar surface area (TPSA) is 297 Å². The van der Waals surface area contributed by atoms with Gasteiger partial charge in [0.25, 0.3) is 0 Å². The molecule has 0 radical (unpaired) electrons. The van der Waals surface area contributed by atoms with Crippen molar-refractivity contribution in [3.63, 3.8) is 0 Å². The van der Waals surface area contributed by atoms with E-state index in [1.54, 1.807) is 0 Å². The van der Waals surface area contributed by atoms with E-state index in [2.05, 4.69) is 0 Å². The van der Waals surface area contributed by atoms with E-state index in [-0.39, 0.29) is 33.8 Å². The summed E-state index contributed by atoms with van der Waals surface area (Å²) in [7, 11) is 0. The first-order valence-corrected chi connectivity index (χ1v) is 14.1. The van der Waals surface area contributed by atoms with Crippen LogP contribution < -0.4 is 9.47 Å². The minimum atomic E-state index is -1.89. The summed E-state index contributed by atoms with van der Waals surface area (Å²) in [6.45, 7) is -0.182. The average molecular weight is 670 g/mol. The van der Waals surface area contributed by atoms with Crippen LogP contribution in [0.2, 0.25) is 0 Å². The van der Waals surface area contributed by atoms with Crippen LogP contribution in [-0.2, 0) is 19.0 Å². The van der Waals surface area contributed by atoms with Crippen molar-refractivity contribution in [1.82, 2.24) is 0 Å². The lowest BCUT2D eigenvalue weighted by Crippen LogP contribution is -2.60. The highest BCUT2D eigenvalue weighted by Gasteiger charge is 2.47. The molecule has 0 unspecified atom stereocenters. The zero-order chi connectivity index (χ0) is 34.3. The van der Waals surface area contributed by atoms with Gasteiger partial charge in [-0.25, -0.2) is 4.42 Å². The van der Waals surface area contributed by atoms with E-state index < -0.39 is 104 Å². The average Bonchev–Trinajstić information content (AvgIpc) is 3.03. The van der Waals surface area contributed by atoms with E-state index >= 15 is 0 Å². The van der Waals surface area contributed by atoms with Crippen LogP contribution in [0.3, 0.4) is 0 Å². The number of rotatable bonds is 8. The van der Waals surface area contributed by atoms with Crippen LogP contribution in [0, 0.1) is 0 Å². The summed E-state index contributed by atoms with van der Waals surface area (Å²) in [6.07, 6.45) is -17.0. The molecule has 0 amide bonds. The van der Waals surface area contributed by atoms with Crippen LogP contribution in [0.25, 0.3) is 22.3 Å². The predicted octanol–water partition coefficient (Wildman–Crippen LogP) is -1.87. The molecular weight excluding hydrogens is 636 g/mol. The van der Waals surface area contributed by atoms with Gasteiger partial charge in [-0.3, -0.25) is 4.79 Å². The summed E-state index contributed by atoms with van der Waals surface area (Å²) < 4.78 is 33.4. The summed E-state index contributed by atoms with van der Waals surface area (Å²) in [4.78, 5) is 11.3. The van der Waals surface area contributed by atoms with E-state index in [4.69, 9.17) is 28.1 Å². The van der Waals surface area contributed by atoms with Crippen LogP contribution in [0.1, 0.15) is 6.92 Å². The van der Waals surface area contributed by atoms with E-state index in [1.165, 1.54) is 6.07 Å². The van der Waals surface area contributed by atoms with Crippen molar-refractivity contribution in [2.45, 2.75) is 68.3 Å². The quantitative estimate of drug-likeness (QED) is 0.0711. The normalized spacial score (nSPS) is 31.0. The molecule has 256 valence electrons. The van der Waals surface area contributed by atoms with Crippen LogP contribution >= 0.6 is 0 Å². The van der Waals surface area contributed by atoms with Crippen molar-refractivity contribution < 1.29 is 89.1 Å². The van der Waals surface area contributed by atoms with Crippen molar-refractivity contribution in [2.24, 2.45) is 0 Å². The molecule has 2 aromatic carbocycles. The standard InChI is InChI=1S/C29H32O18/c1-9(31)42-8-19-22(37)24(39)26(41)28(47-19)44-16-5-11(32)4-15-12(16)6-17(27(43-15)10-2-13(33)20(35)14(34)3-10)45-29-25(40)23(38)21(36)18(7-30)46-29/h2-6,18-19,21-26,28-30,36-41H,7-8H2,1H3,(H3-,32,33,34,35)/p+1/t18-,19-,21-,22-,23+,24+,25-,26-,28-,29-/m1/s1. The number of esters is 1. The van der Waals surface area contributed by atoms with E-state index in [1.807, 2.05) is 0 Å². The number of carbonyl (C=O) groups excluding carboxylic acids is 1. The van der Waals surface area contributed by atoms with Crippen molar-refractivity contribution >= 4 is 16.9 Å². The Bertz CT molecular complexity index is 1590. The van der Waals surface area contributed by atoms with Gasteiger partial charge < -0.3 is 79.9 Å². The van der Waals surface area contributed by atoms with Gasteiger partial charge in [0.2, 0.25) is 18.3 Å². The Balaban J connectivity index is 1.60. The summed E-state index contributed by atoms with van der Waals surface area (Å²) in [5.74, 6) is -4.52. The fourth-order valence-electron chi connectivity index (χ4n) is 5.06. The maximum atomic E-state index is 11.3. The Hall–Kier alpha value is -4.24. The van der Waals surface area contributed by atoms with Crippen LogP contribution in [0.4, 0.5) is 0 Å². The highest BCUT2D eigenvalue weighted by atomic mass is 16.7. The molecule has 5 rings (SSSR count). The first kappa shape index (κ1) is 34.1. The number of carbonyl (C=O) groups is 1. The lowest BCUT2D eigenvalue weighted by molar-refractivity contribution is -0.278. The Labute approximate surface area is 264 Å². The second-order valence-corrected chi connectivity index (χ2v) is 10.9. The van der Waals surface area contributed by atoms with E-state index in [0.29, 0.717) is 0 Å². The van der Waals surface area contributed by atoms with Crippen LogP contribution in [-0.4, -0.2) is 137 Å². The Morgan fingerprint density at radius 1 is 0.745 bits per heavy atom. The number of hydrogen-bond donors (Lipinski definition) is 11. The highest BCUT2D eigenvalue weighted by Crippen LogP contribution is 2.45. The van der Waals surface area contributed by atoms with Gasteiger partial charge >= 0.3 is 17.3 Å². The van der Waals surface area contributed by atoms with E-state index in [9.17, 15) is 61.0 Å². The third-order valence-electron chi connectivity index (χ3n) is 7.59. The third kappa shape index (κ3) is 6.77. The predicted molar refractivity (Wildman–Crippen MR) is 151 cm³/mol. The number of phenolic OH excluding ortho intramolecular Hbond substituents is 4. The molecule has 2 saturated heterocycles. The second kappa shape index (κ2) is 13.5. The molecule has 3 aromatic rings. The van der Waals surface area contributed by atoms with Gasteiger partial charge in [-0.1, -0.05) is 0 Å². The van der Waals surface area contributed by atoms with Gasteiger partial charge in [-0.15, -0.1) is 0 Å². The smallest absolute Gasteiger partial charge is 0.402 e. The molecule has 0 aliphatic carbocycles. The van der Waals surface area contributed by atoms with Gasteiger partial charge in [-0.2, -0.15) is 0 Å². The van der Waals surface area contributed by atoms with Gasteiger partial charge in [0, 0.05) is 31.2 Å². The molecule has 1 aromatic heterocycles. The van der Waals surface area contributed by atoms with Crippen molar-refractivity contribution in [1.29, 1.82) is 0 Å². The number of benzene rings is 2. The molecule has 2 aliphatic heterocycles. The number of ether oxygens (including phenoxy) is 5. The second-order valence-electron chi connectivity index (χ2n) is 10.9. The molecular formula is C29H33O18+. The SMILES string of the molecule is CC(=O)OC[C@H]1O[C@@H](Oc2cc(O)cc3[o+]c(-c4cc(O)c(O)c(O)c4)c(O[C@@H]4O[C@H](CO)[C@@H](O)[C@H](O)[C@H]4O)cc23)[C@H](O)[C@@H](O)[C@@H]1O. The molecule has 0 saturated carbocycles. The minimum absolute atomic E-state index is 0.0358. The van der Waals surface area contributed by atoms with Gasteiger partial charge in [-0.05, 0) is 0 Å². The molecule has 10 atom stereocenters. The van der Waals surface area contributed by atoms with Crippen LogP contribution in [0.5, 0.6) is 34.5 Å². The molecule has 18 nitrogen and oxygen atoms in total. The first-order valence-electron chi connectivity index (χ1n) is 14.1. The van der Waals surface area contributed by atoms with Crippen LogP contribution in [0.15, 0.2) is 34.7 Å². The number of phenols is 4. The molecule has 2 fully saturated rings. The van der Waals surface area contributed by atoms with Crippen molar-refractivity contribution in [3.8, 4) is 45.8 Å². The Kier molecular flexibility index (Phi) is 9.78. The molecule has 47 heavy (non-hydrogen) atoms. The molecule has 0 bridgehead atoms. The van der Waals surface area contributed by atoms with Gasteiger partial charge in [0.15, 0.2) is 17.2 Å². The van der Waals surface area contributed by atoms with E-state index in [0.717, 1.165) is 31.2 Å². The van der Waals surface area contributed by atoms with Crippen molar-refractivity contribution in [3.05, 3.63) is 30.3 Å². The molecule has 18 heteroatoms. The maximum Gasteiger partial charge on any atom is 0.402 e. The zero-order valence-corrected chi connectivity index (χ0v) is 24.4. The fourth-order valence-corrected chi connectivity index (χ4v) is 5.06. The number of hydrogen-bond acceptors (Lipinski definition) is 17. The first-order chi connectivity index (χ1) is 22.2. The third-order valence-corrected chi connectivity index (χ3v) is 7.59. The lowest BCUT2D eigenvalue weighted by atomic mass is 9.99. The highest BCUT2D eigenvalue weighted by molar-refractivity contribution is 5.89. The van der Waals surface area contributed by atoms with Gasteiger partial charge in [0.05, 0.1) is 18.2 Å². The summed E-state index contributed by atoms with van der Waals surface area (Å²) >= 11 is 0. The molecule has 2 aliphatic rings. The maximum absolute atomic E-state index is 11.3. The molecule has 3 heterocycles. The number of aliphatic hydroxyl groups is 7. The zero-order valence-electron chi connectivity index (χ0n) is 24.4. The number of aromatic hydroxyl groups is 4.